The molecule has 0 spiro atoms. The van der Waals surface area contributed by atoms with Gasteiger partial charge in [0.2, 0.25) is 5.91 Å². The zero-order chi connectivity index (χ0) is 25.2. The molecular weight excluding hydrogens is 453 g/mol. The molecule has 0 bridgehead atoms. The molecule has 2 amide bonds. The molecule has 182 valence electrons. The van der Waals surface area contributed by atoms with Crippen molar-refractivity contribution in [3.05, 3.63) is 64.7 Å². The van der Waals surface area contributed by atoms with Crippen molar-refractivity contribution in [1.29, 1.82) is 0 Å². The minimum atomic E-state index is -1.30. The predicted octanol–water partition coefficient (Wildman–Crippen LogP) is 2.22. The summed E-state index contributed by atoms with van der Waals surface area (Å²) in [5.41, 5.74) is 5.89. The largest absolute Gasteiger partial charge is 0.478 e. The lowest BCUT2D eigenvalue weighted by molar-refractivity contribution is -0.135. The maximum atomic E-state index is 13.9. The van der Waals surface area contributed by atoms with Gasteiger partial charge in [0, 0.05) is 56.1 Å². The number of nitrogens with zero attached hydrogens (tertiary/aromatic N) is 3. The van der Waals surface area contributed by atoms with Gasteiger partial charge < -0.3 is 20.6 Å². The van der Waals surface area contributed by atoms with E-state index < -0.39 is 35.4 Å². The number of hydrogen-bond donors (Lipinski definition) is 2. The van der Waals surface area contributed by atoms with Crippen LogP contribution in [0.3, 0.4) is 0 Å². The lowest BCUT2D eigenvalue weighted by Crippen LogP contribution is -2.60. The van der Waals surface area contributed by atoms with Crippen LogP contribution in [0.5, 0.6) is 0 Å². The molecule has 1 aromatic heterocycles. The van der Waals surface area contributed by atoms with Crippen LogP contribution in [0.4, 0.5) is 13.2 Å². The highest BCUT2D eigenvalue weighted by Gasteiger charge is 2.35. The summed E-state index contributed by atoms with van der Waals surface area (Å²) in [5.74, 6) is -5.32. The SMILES string of the molecule is C[C@@H]1CN(C(=O)C[C@H](N)Cc2cc(F)c(F)cc2F)C[C@H](C)N1C(=O)c1cncc(C(=O)O)c1. The molecule has 0 unspecified atom stereocenters. The summed E-state index contributed by atoms with van der Waals surface area (Å²) in [6.45, 7) is 3.96. The maximum Gasteiger partial charge on any atom is 0.337 e. The van der Waals surface area contributed by atoms with E-state index in [-0.39, 0.29) is 60.6 Å². The first-order valence-electron chi connectivity index (χ1n) is 10.7. The molecule has 1 saturated heterocycles. The smallest absolute Gasteiger partial charge is 0.337 e. The Kier molecular flexibility index (Phi) is 7.55. The third-order valence-corrected chi connectivity index (χ3v) is 5.75. The number of carboxylic acids is 1. The zero-order valence-corrected chi connectivity index (χ0v) is 18.7. The average Bonchev–Trinajstić information content (AvgIpc) is 2.76. The minimum absolute atomic E-state index is 0.105. The number of piperazine rings is 1. The van der Waals surface area contributed by atoms with Crippen LogP contribution in [0.1, 0.15) is 46.5 Å². The van der Waals surface area contributed by atoms with Crippen LogP contribution in [0.15, 0.2) is 30.6 Å². The number of aromatic carboxylic acids is 1. The Morgan fingerprint density at radius 1 is 1.03 bits per heavy atom. The van der Waals surface area contributed by atoms with Crippen LogP contribution >= 0.6 is 0 Å². The predicted molar refractivity (Wildman–Crippen MR) is 115 cm³/mol. The van der Waals surface area contributed by atoms with E-state index >= 15 is 0 Å². The van der Waals surface area contributed by atoms with Crippen molar-refractivity contribution in [2.75, 3.05) is 13.1 Å². The second kappa shape index (κ2) is 10.2. The fourth-order valence-corrected chi connectivity index (χ4v) is 4.18. The average molecular weight is 478 g/mol. The third-order valence-electron chi connectivity index (χ3n) is 5.75. The highest BCUT2D eigenvalue weighted by atomic mass is 19.2. The van der Waals surface area contributed by atoms with Crippen LogP contribution in [0, 0.1) is 17.5 Å². The van der Waals surface area contributed by atoms with E-state index in [0.29, 0.717) is 6.07 Å². The summed E-state index contributed by atoms with van der Waals surface area (Å²) in [6, 6.07) is 0.854. The quantitative estimate of drug-likeness (QED) is 0.615. The van der Waals surface area contributed by atoms with Crippen molar-refractivity contribution in [2.45, 2.75) is 44.8 Å². The molecule has 3 rings (SSSR count). The van der Waals surface area contributed by atoms with E-state index in [0.717, 1.165) is 12.3 Å². The van der Waals surface area contributed by atoms with Crippen LogP contribution in [0.25, 0.3) is 0 Å². The second-order valence-corrected chi connectivity index (χ2v) is 8.50. The second-order valence-electron chi connectivity index (χ2n) is 8.50. The molecule has 2 aromatic rings. The van der Waals surface area contributed by atoms with Gasteiger partial charge in [-0.15, -0.1) is 0 Å². The number of benzene rings is 1. The highest BCUT2D eigenvalue weighted by Crippen LogP contribution is 2.21. The van der Waals surface area contributed by atoms with Gasteiger partial charge in [0.25, 0.3) is 5.91 Å². The van der Waals surface area contributed by atoms with Gasteiger partial charge in [-0.1, -0.05) is 0 Å². The van der Waals surface area contributed by atoms with Crippen molar-refractivity contribution in [3.63, 3.8) is 0 Å². The number of amides is 2. The van der Waals surface area contributed by atoms with Gasteiger partial charge >= 0.3 is 5.97 Å². The molecular formula is C23H25F3N4O4. The number of carbonyl (C=O) groups is 3. The van der Waals surface area contributed by atoms with Gasteiger partial charge in [-0.2, -0.15) is 0 Å². The number of carboxylic acid groups (broad SMARTS) is 1. The number of pyridine rings is 1. The fourth-order valence-electron chi connectivity index (χ4n) is 4.18. The molecule has 34 heavy (non-hydrogen) atoms. The topological polar surface area (TPSA) is 117 Å². The van der Waals surface area contributed by atoms with E-state index in [1.54, 1.807) is 23.6 Å². The molecule has 3 N–H and O–H groups in total. The molecule has 1 aromatic carbocycles. The number of hydrogen-bond acceptors (Lipinski definition) is 5. The summed E-state index contributed by atoms with van der Waals surface area (Å²) >= 11 is 0. The molecule has 1 fully saturated rings. The standard InChI is InChI=1S/C23H25F3N4O4/c1-12-10-29(21(31)6-17(27)4-14-5-19(25)20(26)7-18(14)24)11-13(2)30(12)22(32)15-3-16(23(33)34)9-28-8-15/h3,5,7-9,12-13,17H,4,6,10-11,27H2,1-2H3,(H,33,34)/t12-,13+,17-/m1/s1. The Morgan fingerprint density at radius 3 is 2.24 bits per heavy atom. The van der Waals surface area contributed by atoms with Gasteiger partial charge in [0.15, 0.2) is 11.6 Å². The fraction of sp³-hybridized carbons (Fsp3) is 0.391. The van der Waals surface area contributed by atoms with Crippen LogP contribution < -0.4 is 5.73 Å². The molecule has 2 heterocycles. The molecule has 1 aliphatic rings. The summed E-state index contributed by atoms with van der Waals surface area (Å²) in [4.78, 5) is 43.9. The molecule has 8 nitrogen and oxygen atoms in total. The zero-order valence-electron chi connectivity index (χ0n) is 18.7. The van der Waals surface area contributed by atoms with Gasteiger partial charge in [0.05, 0.1) is 11.1 Å². The third kappa shape index (κ3) is 5.53. The van der Waals surface area contributed by atoms with Crippen LogP contribution in [-0.4, -0.2) is 68.9 Å². The van der Waals surface area contributed by atoms with Gasteiger partial charge in [0.1, 0.15) is 5.82 Å². The first-order valence-corrected chi connectivity index (χ1v) is 10.7. The molecule has 0 saturated carbocycles. The molecule has 0 aliphatic carbocycles. The van der Waals surface area contributed by atoms with Crippen molar-refractivity contribution < 1.29 is 32.7 Å². The van der Waals surface area contributed by atoms with E-state index in [1.165, 1.54) is 12.3 Å². The van der Waals surface area contributed by atoms with E-state index in [4.69, 9.17) is 10.8 Å². The number of halogens is 3. The van der Waals surface area contributed by atoms with Crippen molar-refractivity contribution in [3.8, 4) is 0 Å². The Morgan fingerprint density at radius 2 is 1.62 bits per heavy atom. The van der Waals surface area contributed by atoms with E-state index in [1.807, 2.05) is 0 Å². The maximum absolute atomic E-state index is 13.9. The molecule has 1 aliphatic heterocycles. The summed E-state index contributed by atoms with van der Waals surface area (Å²) in [6.07, 6.45) is 2.15. The Hall–Kier alpha value is -3.47. The first-order chi connectivity index (χ1) is 16.0. The summed E-state index contributed by atoms with van der Waals surface area (Å²) < 4.78 is 40.4. The molecule has 11 heteroatoms. The van der Waals surface area contributed by atoms with Crippen molar-refractivity contribution >= 4 is 17.8 Å². The Bertz CT molecular complexity index is 1100. The minimum Gasteiger partial charge on any atom is -0.478 e. The van der Waals surface area contributed by atoms with Crippen LogP contribution in [-0.2, 0) is 11.2 Å². The number of carbonyl (C=O) groups excluding carboxylic acids is 2. The summed E-state index contributed by atoms with van der Waals surface area (Å²) in [5, 5.41) is 9.13. The molecule has 0 radical (unpaired) electrons. The molecule has 3 atom stereocenters. The lowest BCUT2D eigenvalue weighted by Gasteiger charge is -2.44. The normalized spacial score (nSPS) is 19.1. The van der Waals surface area contributed by atoms with Gasteiger partial charge in [-0.25, -0.2) is 18.0 Å². The van der Waals surface area contributed by atoms with Crippen molar-refractivity contribution in [2.24, 2.45) is 5.73 Å². The number of aromatic nitrogens is 1. The van der Waals surface area contributed by atoms with E-state index in [9.17, 15) is 27.6 Å². The Balaban J connectivity index is 1.63. The van der Waals surface area contributed by atoms with Gasteiger partial charge in [-0.05, 0) is 38.0 Å². The first kappa shape index (κ1) is 25.2. The summed E-state index contributed by atoms with van der Waals surface area (Å²) in [7, 11) is 0. The highest BCUT2D eigenvalue weighted by molar-refractivity contribution is 5.97. The number of nitrogens with two attached hydrogens (primary N) is 1. The van der Waals surface area contributed by atoms with Crippen LogP contribution in [0.2, 0.25) is 0 Å². The van der Waals surface area contributed by atoms with E-state index in [2.05, 4.69) is 4.98 Å². The lowest BCUT2D eigenvalue weighted by atomic mass is 10.0. The van der Waals surface area contributed by atoms with Gasteiger partial charge in [-0.3, -0.25) is 14.6 Å². The van der Waals surface area contributed by atoms with Crippen molar-refractivity contribution in [1.82, 2.24) is 14.8 Å². The monoisotopic (exact) mass is 478 g/mol. The number of rotatable bonds is 6. The Labute approximate surface area is 194 Å².